The number of nitrogens with zero attached hydrogens (tertiary/aromatic N) is 1. The van der Waals surface area contributed by atoms with E-state index in [1.165, 1.54) is 32.4 Å². The standard InChI is InChI=1S/C16H17NO5S/c1-17(11-13-6-3-4-9-15(13)22-2)23(20,21)14-8-5-7-12(10-14)16(18)19/h3-10H,11H2,1-2H3,(H,18,19). The number of hydrogen-bond acceptors (Lipinski definition) is 4. The molecule has 2 aromatic rings. The van der Waals surface area contributed by atoms with Crippen molar-refractivity contribution in [3.05, 3.63) is 59.7 Å². The first kappa shape index (κ1) is 17.0. The fraction of sp³-hybridized carbons (Fsp3) is 0.188. The molecule has 2 aromatic carbocycles. The summed E-state index contributed by atoms with van der Waals surface area (Å²) in [5, 5.41) is 8.99. The summed E-state index contributed by atoms with van der Waals surface area (Å²) < 4.78 is 31.6. The number of methoxy groups -OCH3 is 1. The third-order valence-corrected chi connectivity index (χ3v) is 5.17. The van der Waals surface area contributed by atoms with Gasteiger partial charge in [-0.15, -0.1) is 0 Å². The van der Waals surface area contributed by atoms with Crippen molar-refractivity contribution in [3.63, 3.8) is 0 Å². The van der Waals surface area contributed by atoms with Crippen LogP contribution in [0.15, 0.2) is 53.4 Å². The number of para-hydroxylation sites is 1. The highest BCUT2D eigenvalue weighted by Gasteiger charge is 2.23. The highest BCUT2D eigenvalue weighted by Crippen LogP contribution is 2.23. The smallest absolute Gasteiger partial charge is 0.335 e. The maximum absolute atomic E-state index is 12.6. The molecule has 0 atom stereocenters. The first-order valence-corrected chi connectivity index (χ1v) is 8.22. The summed E-state index contributed by atoms with van der Waals surface area (Å²) in [5.41, 5.74) is 0.646. The quantitative estimate of drug-likeness (QED) is 0.875. The van der Waals surface area contributed by atoms with Crippen molar-refractivity contribution in [1.82, 2.24) is 4.31 Å². The Morgan fingerprint density at radius 3 is 2.52 bits per heavy atom. The monoisotopic (exact) mass is 335 g/mol. The minimum Gasteiger partial charge on any atom is -0.496 e. The fourth-order valence-electron chi connectivity index (χ4n) is 2.13. The van der Waals surface area contributed by atoms with Gasteiger partial charge in [-0.2, -0.15) is 4.31 Å². The van der Waals surface area contributed by atoms with Crippen LogP contribution >= 0.6 is 0 Å². The number of carboxylic acid groups (broad SMARTS) is 1. The molecule has 0 radical (unpaired) electrons. The minimum atomic E-state index is -3.80. The van der Waals surface area contributed by atoms with Crippen molar-refractivity contribution in [2.45, 2.75) is 11.4 Å². The molecule has 1 N–H and O–H groups in total. The maximum atomic E-state index is 12.6. The molecule has 0 bridgehead atoms. The van der Waals surface area contributed by atoms with Crippen LogP contribution in [0.25, 0.3) is 0 Å². The van der Waals surface area contributed by atoms with Gasteiger partial charge in [0, 0.05) is 19.2 Å². The van der Waals surface area contributed by atoms with Gasteiger partial charge in [0.2, 0.25) is 10.0 Å². The summed E-state index contributed by atoms with van der Waals surface area (Å²) in [6, 6.07) is 12.4. The van der Waals surface area contributed by atoms with Crippen molar-refractivity contribution in [2.24, 2.45) is 0 Å². The Morgan fingerprint density at radius 2 is 1.87 bits per heavy atom. The summed E-state index contributed by atoms with van der Waals surface area (Å²) >= 11 is 0. The molecule has 122 valence electrons. The molecule has 0 saturated carbocycles. The number of carboxylic acids is 1. The number of ether oxygens (including phenoxy) is 1. The van der Waals surface area contributed by atoms with E-state index in [2.05, 4.69) is 0 Å². The molecule has 2 rings (SSSR count). The van der Waals surface area contributed by atoms with Gasteiger partial charge < -0.3 is 9.84 Å². The van der Waals surface area contributed by atoms with E-state index < -0.39 is 16.0 Å². The Bertz CT molecular complexity index is 817. The van der Waals surface area contributed by atoms with Crippen LogP contribution in [0, 0.1) is 0 Å². The van der Waals surface area contributed by atoms with Crippen molar-refractivity contribution in [3.8, 4) is 5.75 Å². The van der Waals surface area contributed by atoms with Crippen LogP contribution in [-0.2, 0) is 16.6 Å². The van der Waals surface area contributed by atoms with E-state index in [9.17, 15) is 13.2 Å². The number of rotatable bonds is 6. The van der Waals surface area contributed by atoms with Crippen LogP contribution < -0.4 is 4.74 Å². The predicted octanol–water partition coefficient (Wildman–Crippen LogP) is 2.21. The second-order valence-electron chi connectivity index (χ2n) is 4.91. The van der Waals surface area contributed by atoms with Crippen LogP contribution in [0.4, 0.5) is 0 Å². The Hall–Kier alpha value is -2.38. The number of benzene rings is 2. The van der Waals surface area contributed by atoms with E-state index in [0.717, 1.165) is 15.9 Å². The van der Waals surface area contributed by atoms with Gasteiger partial charge >= 0.3 is 5.97 Å². The third-order valence-electron chi connectivity index (χ3n) is 3.37. The number of sulfonamides is 1. The Balaban J connectivity index is 2.32. The first-order valence-electron chi connectivity index (χ1n) is 6.78. The second-order valence-corrected chi connectivity index (χ2v) is 6.95. The van der Waals surface area contributed by atoms with Crippen molar-refractivity contribution in [2.75, 3.05) is 14.2 Å². The zero-order chi connectivity index (χ0) is 17.0. The molecule has 0 spiro atoms. The predicted molar refractivity (Wildman–Crippen MR) is 85.0 cm³/mol. The van der Waals surface area contributed by atoms with E-state index in [1.807, 2.05) is 0 Å². The molecular weight excluding hydrogens is 318 g/mol. The summed E-state index contributed by atoms with van der Waals surface area (Å²) in [6.07, 6.45) is 0. The maximum Gasteiger partial charge on any atom is 0.335 e. The van der Waals surface area contributed by atoms with Crippen LogP contribution in [0.5, 0.6) is 5.75 Å². The van der Waals surface area contributed by atoms with Crippen LogP contribution in [-0.4, -0.2) is 38.0 Å². The van der Waals surface area contributed by atoms with Gasteiger partial charge in [-0.3, -0.25) is 0 Å². The number of carbonyl (C=O) groups is 1. The zero-order valence-corrected chi connectivity index (χ0v) is 13.6. The van der Waals surface area contributed by atoms with Gasteiger partial charge in [-0.25, -0.2) is 13.2 Å². The lowest BCUT2D eigenvalue weighted by atomic mass is 10.2. The van der Waals surface area contributed by atoms with Crippen molar-refractivity contribution >= 4 is 16.0 Å². The number of hydrogen-bond donors (Lipinski definition) is 1. The molecule has 7 heteroatoms. The van der Waals surface area contributed by atoms with Crippen LogP contribution in [0.2, 0.25) is 0 Å². The lowest BCUT2D eigenvalue weighted by Gasteiger charge is -2.19. The molecule has 23 heavy (non-hydrogen) atoms. The van der Waals surface area contributed by atoms with Gasteiger partial charge in [0.25, 0.3) is 0 Å². The van der Waals surface area contributed by atoms with Gasteiger partial charge in [0.15, 0.2) is 0 Å². The van der Waals surface area contributed by atoms with E-state index in [-0.39, 0.29) is 17.0 Å². The van der Waals surface area contributed by atoms with Crippen molar-refractivity contribution in [1.29, 1.82) is 0 Å². The first-order chi connectivity index (χ1) is 10.9. The van der Waals surface area contributed by atoms with Gasteiger partial charge in [-0.1, -0.05) is 24.3 Å². The molecule has 0 heterocycles. The summed E-state index contributed by atoms with van der Waals surface area (Å²) in [4.78, 5) is 10.9. The van der Waals surface area contributed by atoms with Gasteiger partial charge in [0.05, 0.1) is 17.6 Å². The molecule has 0 amide bonds. The molecular formula is C16H17NO5S. The van der Waals surface area contributed by atoms with E-state index in [0.29, 0.717) is 5.75 Å². The second kappa shape index (κ2) is 6.80. The topological polar surface area (TPSA) is 83.9 Å². The highest BCUT2D eigenvalue weighted by molar-refractivity contribution is 7.89. The third kappa shape index (κ3) is 3.69. The van der Waals surface area contributed by atoms with Crippen molar-refractivity contribution < 1.29 is 23.1 Å². The lowest BCUT2D eigenvalue weighted by molar-refractivity contribution is 0.0696. The molecule has 0 aromatic heterocycles. The Morgan fingerprint density at radius 1 is 1.17 bits per heavy atom. The average Bonchev–Trinajstić information content (AvgIpc) is 2.55. The van der Waals surface area contributed by atoms with E-state index >= 15 is 0 Å². The Kier molecular flexibility index (Phi) is 5.02. The van der Waals surface area contributed by atoms with Gasteiger partial charge in [0.1, 0.15) is 5.75 Å². The summed E-state index contributed by atoms with van der Waals surface area (Å²) in [5.74, 6) is -0.580. The van der Waals surface area contributed by atoms with E-state index in [4.69, 9.17) is 9.84 Å². The summed E-state index contributed by atoms with van der Waals surface area (Å²) in [6.45, 7) is 0.115. The highest BCUT2D eigenvalue weighted by atomic mass is 32.2. The largest absolute Gasteiger partial charge is 0.496 e. The lowest BCUT2D eigenvalue weighted by Crippen LogP contribution is -2.26. The zero-order valence-electron chi connectivity index (χ0n) is 12.8. The molecule has 0 fully saturated rings. The van der Waals surface area contributed by atoms with E-state index in [1.54, 1.807) is 24.3 Å². The molecule has 0 aliphatic rings. The Labute approximate surface area is 135 Å². The van der Waals surface area contributed by atoms with Gasteiger partial charge in [-0.05, 0) is 24.3 Å². The summed E-state index contributed by atoms with van der Waals surface area (Å²) in [7, 11) is -0.847. The average molecular weight is 335 g/mol. The van der Waals surface area contributed by atoms with Crippen LogP contribution in [0.3, 0.4) is 0 Å². The molecule has 0 aliphatic carbocycles. The molecule has 6 nitrogen and oxygen atoms in total. The molecule has 0 saturated heterocycles. The normalized spacial score (nSPS) is 11.4. The molecule has 0 unspecified atom stereocenters. The fourth-order valence-corrected chi connectivity index (χ4v) is 3.32. The number of aromatic carboxylic acids is 1. The molecule has 0 aliphatic heterocycles. The van der Waals surface area contributed by atoms with Crippen LogP contribution in [0.1, 0.15) is 15.9 Å². The minimum absolute atomic E-state index is 0.0604. The SMILES string of the molecule is COc1ccccc1CN(C)S(=O)(=O)c1cccc(C(=O)O)c1.